The molecule has 5 nitrogen and oxygen atoms in total. The normalized spacial score (nSPS) is 11.8. The fourth-order valence-electron chi connectivity index (χ4n) is 1.46. The standard InChI is InChI=1S/C12H13Br3N2O3S/c1-21-3-2-9(11(18)19)16-12(20)17-10-7(14)4-6(13)5-8(10)15/h4-5,9H,2-3H2,1H3,(H,18,19)(H2,16,17,20). The van der Waals surface area contributed by atoms with E-state index in [2.05, 4.69) is 58.4 Å². The van der Waals surface area contributed by atoms with E-state index in [0.29, 0.717) is 26.8 Å². The van der Waals surface area contributed by atoms with Gasteiger partial charge in [0.15, 0.2) is 0 Å². The van der Waals surface area contributed by atoms with Gasteiger partial charge in [0.2, 0.25) is 0 Å². The van der Waals surface area contributed by atoms with Gasteiger partial charge in [0, 0.05) is 13.4 Å². The molecule has 0 spiro atoms. The summed E-state index contributed by atoms with van der Waals surface area (Å²) in [5.74, 6) is -0.392. The molecule has 0 saturated heterocycles. The fourth-order valence-corrected chi connectivity index (χ4v) is 4.39. The number of carbonyl (C=O) groups excluding carboxylic acids is 1. The van der Waals surface area contributed by atoms with Crippen molar-refractivity contribution in [2.24, 2.45) is 0 Å². The molecule has 9 heteroatoms. The molecule has 0 bridgehead atoms. The first-order valence-corrected chi connectivity index (χ1v) is 9.56. The van der Waals surface area contributed by atoms with Gasteiger partial charge in [-0.15, -0.1) is 0 Å². The van der Waals surface area contributed by atoms with Crippen LogP contribution in [0.1, 0.15) is 6.42 Å². The summed E-state index contributed by atoms with van der Waals surface area (Å²) in [7, 11) is 0. The Kier molecular flexibility index (Phi) is 8.07. The summed E-state index contributed by atoms with van der Waals surface area (Å²) in [6.07, 6.45) is 2.25. The van der Waals surface area contributed by atoms with Gasteiger partial charge in [-0.25, -0.2) is 9.59 Å². The predicted octanol–water partition coefficient (Wildman–Crippen LogP) is 4.30. The quantitative estimate of drug-likeness (QED) is 0.539. The second-order valence-electron chi connectivity index (χ2n) is 4.02. The number of amides is 2. The van der Waals surface area contributed by atoms with E-state index in [0.717, 1.165) is 4.47 Å². The van der Waals surface area contributed by atoms with Gasteiger partial charge < -0.3 is 15.7 Å². The van der Waals surface area contributed by atoms with Gasteiger partial charge in [-0.05, 0) is 62.4 Å². The highest BCUT2D eigenvalue weighted by Crippen LogP contribution is 2.34. The van der Waals surface area contributed by atoms with Gasteiger partial charge >= 0.3 is 12.0 Å². The van der Waals surface area contributed by atoms with Crippen LogP contribution in [0.15, 0.2) is 25.6 Å². The molecule has 0 fully saturated rings. The van der Waals surface area contributed by atoms with Crippen LogP contribution in [-0.2, 0) is 4.79 Å². The van der Waals surface area contributed by atoms with E-state index < -0.39 is 18.0 Å². The number of aliphatic carboxylic acids is 1. The number of carboxylic acids is 1. The maximum atomic E-state index is 11.9. The van der Waals surface area contributed by atoms with Gasteiger partial charge in [0.05, 0.1) is 5.69 Å². The van der Waals surface area contributed by atoms with Crippen molar-refractivity contribution >= 4 is 77.2 Å². The number of halogens is 3. The first kappa shape index (κ1) is 18.8. The molecular formula is C12H13Br3N2O3S. The fraction of sp³-hybridized carbons (Fsp3) is 0.333. The average Bonchev–Trinajstić information content (AvgIpc) is 2.38. The molecule has 0 aromatic heterocycles. The molecular weight excluding hydrogens is 492 g/mol. The Bertz CT molecular complexity index is 519. The minimum atomic E-state index is -1.05. The van der Waals surface area contributed by atoms with Crippen LogP contribution in [0.2, 0.25) is 0 Å². The number of nitrogens with one attached hydrogen (secondary N) is 2. The summed E-state index contributed by atoms with van der Waals surface area (Å²) in [4.78, 5) is 23.0. The summed E-state index contributed by atoms with van der Waals surface area (Å²) >= 11 is 11.5. The third kappa shape index (κ3) is 6.17. The van der Waals surface area contributed by atoms with Crippen molar-refractivity contribution in [1.29, 1.82) is 0 Å². The number of rotatable bonds is 6. The summed E-state index contributed by atoms with van der Waals surface area (Å²) in [6.45, 7) is 0. The highest BCUT2D eigenvalue weighted by molar-refractivity contribution is 9.11. The number of anilines is 1. The average molecular weight is 505 g/mol. The van der Waals surface area contributed by atoms with Crippen LogP contribution in [0.3, 0.4) is 0 Å². The number of urea groups is 1. The molecule has 3 N–H and O–H groups in total. The first-order valence-electron chi connectivity index (χ1n) is 5.79. The summed E-state index contributed by atoms with van der Waals surface area (Å²) in [5.41, 5.74) is 0.532. The zero-order valence-corrected chi connectivity index (χ0v) is 16.5. The molecule has 1 aromatic rings. The van der Waals surface area contributed by atoms with Crippen molar-refractivity contribution in [3.63, 3.8) is 0 Å². The molecule has 0 radical (unpaired) electrons. The molecule has 0 heterocycles. The first-order chi connectivity index (χ1) is 9.85. The van der Waals surface area contributed by atoms with E-state index in [1.54, 1.807) is 12.1 Å². The van der Waals surface area contributed by atoms with Gasteiger partial charge in [-0.1, -0.05) is 15.9 Å². The summed E-state index contributed by atoms with van der Waals surface area (Å²) in [6, 6.07) is 2.09. The second kappa shape index (κ2) is 9.02. The minimum absolute atomic E-state index is 0.368. The molecule has 21 heavy (non-hydrogen) atoms. The van der Waals surface area contributed by atoms with E-state index >= 15 is 0 Å². The Morgan fingerprint density at radius 3 is 2.33 bits per heavy atom. The highest BCUT2D eigenvalue weighted by atomic mass is 79.9. The van der Waals surface area contributed by atoms with Crippen LogP contribution in [0.25, 0.3) is 0 Å². The van der Waals surface area contributed by atoms with Gasteiger partial charge in [0.1, 0.15) is 6.04 Å². The molecule has 1 atom stereocenters. The third-order valence-corrected chi connectivity index (χ3v) is 4.81. The van der Waals surface area contributed by atoms with Crippen molar-refractivity contribution in [3.05, 3.63) is 25.6 Å². The van der Waals surface area contributed by atoms with Crippen molar-refractivity contribution in [2.45, 2.75) is 12.5 Å². The topological polar surface area (TPSA) is 78.4 Å². The van der Waals surface area contributed by atoms with Crippen molar-refractivity contribution in [1.82, 2.24) is 5.32 Å². The molecule has 1 rings (SSSR count). The lowest BCUT2D eigenvalue weighted by Gasteiger charge is -2.16. The highest BCUT2D eigenvalue weighted by Gasteiger charge is 2.20. The van der Waals surface area contributed by atoms with Gasteiger partial charge in [-0.3, -0.25) is 0 Å². The van der Waals surface area contributed by atoms with Crippen LogP contribution < -0.4 is 10.6 Å². The maximum absolute atomic E-state index is 11.9. The SMILES string of the molecule is CSCCC(NC(=O)Nc1c(Br)cc(Br)cc1Br)C(=O)O. The van der Waals surface area contributed by atoms with Crippen molar-refractivity contribution in [3.8, 4) is 0 Å². The van der Waals surface area contributed by atoms with Crippen LogP contribution >= 0.6 is 59.6 Å². The monoisotopic (exact) mass is 502 g/mol. The van der Waals surface area contributed by atoms with Crippen LogP contribution in [0, 0.1) is 0 Å². The Morgan fingerprint density at radius 1 is 1.29 bits per heavy atom. The number of carboxylic acid groups (broad SMARTS) is 1. The van der Waals surface area contributed by atoms with E-state index in [1.807, 2.05) is 6.26 Å². The van der Waals surface area contributed by atoms with Crippen molar-refractivity contribution < 1.29 is 14.7 Å². The summed E-state index contributed by atoms with van der Waals surface area (Å²) < 4.78 is 2.19. The van der Waals surface area contributed by atoms with Gasteiger partial charge in [-0.2, -0.15) is 11.8 Å². The predicted molar refractivity (Wildman–Crippen MR) is 96.1 cm³/mol. The molecule has 0 aliphatic rings. The smallest absolute Gasteiger partial charge is 0.326 e. The van der Waals surface area contributed by atoms with Crippen LogP contribution in [-0.4, -0.2) is 35.2 Å². The molecule has 0 aliphatic heterocycles. The number of benzene rings is 1. The molecule has 1 aromatic carbocycles. The number of hydrogen-bond donors (Lipinski definition) is 3. The largest absolute Gasteiger partial charge is 0.480 e. The summed E-state index contributed by atoms with van der Waals surface area (Å²) in [5, 5.41) is 14.2. The Balaban J connectivity index is 2.74. The number of thioether (sulfide) groups is 1. The number of hydrogen-bond acceptors (Lipinski definition) is 3. The lowest BCUT2D eigenvalue weighted by atomic mass is 10.2. The molecule has 2 amide bonds. The zero-order chi connectivity index (χ0) is 16.0. The molecule has 0 saturated carbocycles. The van der Waals surface area contributed by atoms with E-state index in [9.17, 15) is 9.59 Å². The van der Waals surface area contributed by atoms with E-state index in [-0.39, 0.29) is 0 Å². The molecule has 0 aliphatic carbocycles. The van der Waals surface area contributed by atoms with E-state index in [4.69, 9.17) is 5.11 Å². The molecule has 116 valence electrons. The van der Waals surface area contributed by atoms with E-state index in [1.165, 1.54) is 11.8 Å². The Hall–Kier alpha value is -0.250. The lowest BCUT2D eigenvalue weighted by Crippen LogP contribution is -2.43. The minimum Gasteiger partial charge on any atom is -0.480 e. The Morgan fingerprint density at radius 2 is 1.86 bits per heavy atom. The third-order valence-electron chi connectivity index (χ3n) is 2.46. The lowest BCUT2D eigenvalue weighted by molar-refractivity contribution is -0.139. The second-order valence-corrected chi connectivity index (χ2v) is 7.63. The Labute approximate surface area is 152 Å². The van der Waals surface area contributed by atoms with Gasteiger partial charge in [0.25, 0.3) is 0 Å². The zero-order valence-electron chi connectivity index (χ0n) is 11.0. The molecule has 1 unspecified atom stereocenters. The number of carbonyl (C=O) groups is 2. The maximum Gasteiger partial charge on any atom is 0.326 e. The van der Waals surface area contributed by atoms with Crippen molar-refractivity contribution in [2.75, 3.05) is 17.3 Å². The van der Waals surface area contributed by atoms with Crippen LogP contribution in [0.4, 0.5) is 10.5 Å². The van der Waals surface area contributed by atoms with Crippen LogP contribution in [0.5, 0.6) is 0 Å².